The molecule has 0 N–H and O–H groups in total. The summed E-state index contributed by atoms with van der Waals surface area (Å²) in [5, 5.41) is 2.59. The summed E-state index contributed by atoms with van der Waals surface area (Å²) in [5.41, 5.74) is 19.3. The van der Waals surface area contributed by atoms with Gasteiger partial charge in [0.15, 0.2) is 0 Å². The highest BCUT2D eigenvalue weighted by Crippen LogP contribution is 2.53. The lowest BCUT2D eigenvalue weighted by atomic mass is 9.79. The third-order valence-electron chi connectivity index (χ3n) is 12.7. The maximum atomic E-state index is 2.47. The fourth-order valence-electron chi connectivity index (χ4n) is 9.96. The zero-order chi connectivity index (χ0) is 37.8. The third-order valence-corrected chi connectivity index (χ3v) is 13.8. The summed E-state index contributed by atoms with van der Waals surface area (Å²) < 4.78 is 2.60. The van der Waals surface area contributed by atoms with Gasteiger partial charge >= 0.3 is 0 Å². The van der Waals surface area contributed by atoms with E-state index in [9.17, 15) is 0 Å². The van der Waals surface area contributed by atoms with E-state index >= 15 is 0 Å². The maximum Gasteiger partial charge on any atom is 0.0554 e. The second-order valence-corrected chi connectivity index (χ2v) is 17.6. The van der Waals surface area contributed by atoms with Gasteiger partial charge < -0.3 is 4.90 Å². The van der Waals surface area contributed by atoms with E-state index < -0.39 is 0 Å². The van der Waals surface area contributed by atoms with E-state index in [1.807, 2.05) is 11.3 Å². The van der Waals surface area contributed by atoms with Gasteiger partial charge in [-0.3, -0.25) is 0 Å². The van der Waals surface area contributed by atoms with E-state index in [0.29, 0.717) is 0 Å². The van der Waals surface area contributed by atoms with E-state index in [1.54, 1.807) is 0 Å². The molecule has 2 aliphatic rings. The van der Waals surface area contributed by atoms with Gasteiger partial charge in [-0.1, -0.05) is 155 Å². The Labute approximate surface area is 333 Å². The standard InChI is InChI=1S/C54H41NS/c1-53(2)45-21-8-5-16-40(45)42-31-28-35(33-47(42)53)34-26-29-37(30-27-34)55(48-23-13-25-50-51(48)44-18-7-10-24-49(44)56-50)38-15-11-14-36(32-38)39-19-12-20-43-41-17-6-9-22-46(41)54(3,4)52(39)43/h5-33H,1-4H3. The van der Waals surface area contributed by atoms with Gasteiger partial charge in [-0.25, -0.2) is 0 Å². The highest BCUT2D eigenvalue weighted by Gasteiger charge is 2.38. The molecule has 56 heavy (non-hydrogen) atoms. The minimum absolute atomic E-state index is 0.0391. The molecule has 0 unspecified atom stereocenters. The Balaban J connectivity index is 1.06. The molecule has 268 valence electrons. The lowest BCUT2D eigenvalue weighted by Crippen LogP contribution is -2.16. The van der Waals surface area contributed by atoms with Crippen molar-refractivity contribution in [3.8, 4) is 44.5 Å². The number of nitrogens with zero attached hydrogens (tertiary/aromatic N) is 1. The van der Waals surface area contributed by atoms with Crippen molar-refractivity contribution in [2.24, 2.45) is 0 Å². The minimum Gasteiger partial charge on any atom is -0.310 e. The van der Waals surface area contributed by atoms with Crippen LogP contribution in [0.3, 0.4) is 0 Å². The summed E-state index contributed by atoms with van der Waals surface area (Å²) in [6.07, 6.45) is 0. The summed E-state index contributed by atoms with van der Waals surface area (Å²) >= 11 is 1.87. The first-order valence-corrected chi connectivity index (χ1v) is 20.5. The van der Waals surface area contributed by atoms with Crippen LogP contribution in [-0.2, 0) is 10.8 Å². The minimum atomic E-state index is -0.106. The number of thiophene rings is 1. The predicted octanol–water partition coefficient (Wildman–Crippen LogP) is 15.5. The zero-order valence-corrected chi connectivity index (χ0v) is 32.9. The van der Waals surface area contributed by atoms with Crippen molar-refractivity contribution in [1.82, 2.24) is 0 Å². The molecule has 0 saturated carbocycles. The SMILES string of the molecule is CC1(C)c2ccccc2-c2ccc(-c3ccc(N(c4cccc(-c5cccc6c5C(C)(C)c5ccccc5-6)c4)c4cccc5sc6ccccc6c45)cc3)cc21. The summed E-state index contributed by atoms with van der Waals surface area (Å²) in [5.74, 6) is 0. The van der Waals surface area contributed by atoms with E-state index in [0.717, 1.165) is 11.4 Å². The van der Waals surface area contributed by atoms with Crippen LogP contribution in [-0.4, -0.2) is 0 Å². The number of rotatable bonds is 5. The lowest BCUT2D eigenvalue weighted by Gasteiger charge is -2.28. The second-order valence-electron chi connectivity index (χ2n) is 16.5. The molecule has 2 heteroatoms. The molecule has 2 aliphatic carbocycles. The van der Waals surface area contributed by atoms with Gasteiger partial charge in [-0.15, -0.1) is 11.3 Å². The summed E-state index contributed by atoms with van der Waals surface area (Å²) in [6, 6.07) is 65.7. The largest absolute Gasteiger partial charge is 0.310 e. The first kappa shape index (κ1) is 33.1. The van der Waals surface area contributed by atoms with Crippen molar-refractivity contribution >= 4 is 48.6 Å². The van der Waals surface area contributed by atoms with Gasteiger partial charge in [0.2, 0.25) is 0 Å². The summed E-state index contributed by atoms with van der Waals surface area (Å²) in [6.45, 7) is 9.47. The lowest BCUT2D eigenvalue weighted by molar-refractivity contribution is 0.660. The zero-order valence-electron chi connectivity index (χ0n) is 32.1. The predicted molar refractivity (Wildman–Crippen MR) is 240 cm³/mol. The molecule has 0 spiro atoms. The van der Waals surface area contributed by atoms with E-state index in [4.69, 9.17) is 0 Å². The molecule has 11 rings (SSSR count). The van der Waals surface area contributed by atoms with E-state index in [1.165, 1.54) is 92.6 Å². The fraction of sp³-hybridized carbons (Fsp3) is 0.111. The Hall–Kier alpha value is -6.22. The van der Waals surface area contributed by atoms with Crippen LogP contribution >= 0.6 is 11.3 Å². The molecule has 0 radical (unpaired) electrons. The van der Waals surface area contributed by atoms with Crippen molar-refractivity contribution in [3.63, 3.8) is 0 Å². The molecule has 8 aromatic carbocycles. The van der Waals surface area contributed by atoms with Gasteiger partial charge in [0, 0.05) is 42.4 Å². The Morgan fingerprint density at radius 2 is 1.00 bits per heavy atom. The Kier molecular flexibility index (Phi) is 7.18. The number of hydrogen-bond acceptors (Lipinski definition) is 2. The van der Waals surface area contributed by atoms with Crippen LogP contribution in [0.5, 0.6) is 0 Å². The Morgan fingerprint density at radius 1 is 0.393 bits per heavy atom. The molecule has 9 aromatic rings. The molecule has 0 amide bonds. The van der Waals surface area contributed by atoms with Crippen LogP contribution in [0.25, 0.3) is 64.7 Å². The molecule has 0 aliphatic heterocycles. The van der Waals surface area contributed by atoms with Crippen LogP contribution in [0.4, 0.5) is 17.1 Å². The van der Waals surface area contributed by atoms with E-state index in [2.05, 4.69) is 209 Å². The van der Waals surface area contributed by atoms with Crippen molar-refractivity contribution in [1.29, 1.82) is 0 Å². The third kappa shape index (κ3) is 4.79. The quantitative estimate of drug-likeness (QED) is 0.170. The fourth-order valence-corrected chi connectivity index (χ4v) is 11.1. The van der Waals surface area contributed by atoms with Crippen LogP contribution in [0.1, 0.15) is 49.9 Å². The monoisotopic (exact) mass is 735 g/mol. The van der Waals surface area contributed by atoms with Gasteiger partial charge in [-0.05, 0) is 115 Å². The van der Waals surface area contributed by atoms with Crippen LogP contribution < -0.4 is 4.90 Å². The molecule has 0 saturated heterocycles. The number of benzene rings is 8. The summed E-state index contributed by atoms with van der Waals surface area (Å²) in [7, 11) is 0. The molecule has 1 nitrogen and oxygen atoms in total. The first-order chi connectivity index (χ1) is 27.3. The molecular formula is C54H41NS. The van der Waals surface area contributed by atoms with Gasteiger partial charge in [0.05, 0.1) is 5.69 Å². The first-order valence-electron chi connectivity index (χ1n) is 19.7. The van der Waals surface area contributed by atoms with Gasteiger partial charge in [0.1, 0.15) is 0 Å². The highest BCUT2D eigenvalue weighted by atomic mass is 32.1. The van der Waals surface area contributed by atoms with Crippen LogP contribution in [0.15, 0.2) is 176 Å². The van der Waals surface area contributed by atoms with Crippen molar-refractivity contribution in [3.05, 3.63) is 198 Å². The Bertz CT molecular complexity index is 3030. The van der Waals surface area contributed by atoms with E-state index in [-0.39, 0.29) is 10.8 Å². The van der Waals surface area contributed by atoms with Crippen molar-refractivity contribution < 1.29 is 0 Å². The molecule has 0 atom stereocenters. The molecule has 1 heterocycles. The topological polar surface area (TPSA) is 3.24 Å². The normalized spacial score (nSPS) is 14.4. The number of anilines is 3. The van der Waals surface area contributed by atoms with Crippen LogP contribution in [0.2, 0.25) is 0 Å². The molecule has 0 bridgehead atoms. The second kappa shape index (κ2) is 12.1. The summed E-state index contributed by atoms with van der Waals surface area (Å²) in [4.78, 5) is 2.47. The van der Waals surface area contributed by atoms with Gasteiger partial charge in [-0.2, -0.15) is 0 Å². The van der Waals surface area contributed by atoms with Crippen molar-refractivity contribution in [2.75, 3.05) is 4.90 Å². The number of hydrogen-bond donors (Lipinski definition) is 0. The molecule has 0 fully saturated rings. The smallest absolute Gasteiger partial charge is 0.0554 e. The molecule has 1 aromatic heterocycles. The Morgan fingerprint density at radius 3 is 1.82 bits per heavy atom. The van der Waals surface area contributed by atoms with Gasteiger partial charge in [0.25, 0.3) is 0 Å². The van der Waals surface area contributed by atoms with Crippen LogP contribution in [0, 0.1) is 0 Å². The maximum absolute atomic E-state index is 2.47. The highest BCUT2D eigenvalue weighted by molar-refractivity contribution is 7.26. The van der Waals surface area contributed by atoms with Crippen molar-refractivity contribution in [2.45, 2.75) is 38.5 Å². The molecular weight excluding hydrogens is 695 g/mol. The number of fused-ring (bicyclic) bond motifs is 9. The average molecular weight is 736 g/mol. The average Bonchev–Trinajstić information content (AvgIpc) is 3.81.